The molecule has 3 aromatic rings. The van der Waals surface area contributed by atoms with E-state index in [1.807, 2.05) is 30.3 Å². The monoisotopic (exact) mass is 357 g/mol. The number of aromatic hydroxyl groups is 1. The molecule has 0 unspecified atom stereocenters. The first-order chi connectivity index (χ1) is 12.6. The minimum absolute atomic E-state index is 0.0260. The summed E-state index contributed by atoms with van der Waals surface area (Å²) in [5.74, 6) is 0.332. The van der Waals surface area contributed by atoms with Crippen molar-refractivity contribution in [3.05, 3.63) is 65.7 Å². The van der Waals surface area contributed by atoms with Gasteiger partial charge < -0.3 is 14.6 Å². The third kappa shape index (κ3) is 3.91. The smallest absolute Gasteiger partial charge is 0.387 e. The maximum Gasteiger partial charge on any atom is 0.387 e. The van der Waals surface area contributed by atoms with Crippen LogP contribution in [0.5, 0.6) is 17.2 Å². The second kappa shape index (κ2) is 7.82. The highest BCUT2D eigenvalue weighted by molar-refractivity contribution is 6.02. The lowest BCUT2D eigenvalue weighted by atomic mass is 10.0. The number of hydrogen-bond acceptors (Lipinski definition) is 4. The van der Waals surface area contributed by atoms with Crippen molar-refractivity contribution in [2.45, 2.75) is 13.2 Å². The number of fused-ring (bicyclic) bond motifs is 1. The number of phenols is 1. The second-order valence-electron chi connectivity index (χ2n) is 5.55. The number of methoxy groups -OCH3 is 1. The Balaban J connectivity index is 1.82. The SMILES string of the molecule is COc1cc(CN=Cc2c(O)ccc3ccccc23)ccc1OC(F)F. The quantitative estimate of drug-likeness (QED) is 0.646. The Hall–Kier alpha value is -3.15. The molecule has 0 aliphatic carbocycles. The molecule has 26 heavy (non-hydrogen) atoms. The van der Waals surface area contributed by atoms with Crippen molar-refractivity contribution in [1.29, 1.82) is 0 Å². The first-order valence-electron chi connectivity index (χ1n) is 7.90. The van der Waals surface area contributed by atoms with E-state index < -0.39 is 6.61 Å². The Morgan fingerprint density at radius 2 is 1.88 bits per heavy atom. The zero-order chi connectivity index (χ0) is 18.5. The van der Waals surface area contributed by atoms with Gasteiger partial charge in [-0.05, 0) is 34.5 Å². The summed E-state index contributed by atoms with van der Waals surface area (Å²) >= 11 is 0. The number of ether oxygens (including phenoxy) is 2. The largest absolute Gasteiger partial charge is 0.507 e. The molecule has 0 saturated heterocycles. The number of nitrogens with zero attached hydrogens (tertiary/aromatic N) is 1. The van der Waals surface area contributed by atoms with Gasteiger partial charge in [0.25, 0.3) is 0 Å². The van der Waals surface area contributed by atoms with Crippen LogP contribution in [-0.4, -0.2) is 25.0 Å². The van der Waals surface area contributed by atoms with Crippen molar-refractivity contribution in [3.8, 4) is 17.2 Å². The maximum atomic E-state index is 12.4. The molecule has 0 heterocycles. The standard InChI is InChI=1S/C20H17F2NO3/c1-25-19-10-13(6-9-18(19)26-20(21)22)11-23-12-16-15-5-3-2-4-14(15)7-8-17(16)24/h2-10,12,20,24H,11H2,1H3. The van der Waals surface area contributed by atoms with Gasteiger partial charge in [-0.3, -0.25) is 4.99 Å². The van der Waals surface area contributed by atoms with Gasteiger partial charge in [0.1, 0.15) is 5.75 Å². The number of aliphatic imine (C=N–C) groups is 1. The van der Waals surface area contributed by atoms with Gasteiger partial charge in [0.2, 0.25) is 0 Å². The molecular weight excluding hydrogens is 340 g/mol. The Labute approximate surface area is 149 Å². The van der Waals surface area contributed by atoms with Crippen molar-refractivity contribution in [2.75, 3.05) is 7.11 Å². The molecule has 6 heteroatoms. The van der Waals surface area contributed by atoms with Gasteiger partial charge in [0.05, 0.1) is 13.7 Å². The summed E-state index contributed by atoms with van der Waals surface area (Å²) in [5.41, 5.74) is 1.40. The first-order valence-corrected chi connectivity index (χ1v) is 7.90. The number of hydrogen-bond donors (Lipinski definition) is 1. The van der Waals surface area contributed by atoms with Gasteiger partial charge >= 0.3 is 6.61 Å². The normalized spacial score (nSPS) is 11.4. The fourth-order valence-corrected chi connectivity index (χ4v) is 2.67. The lowest BCUT2D eigenvalue weighted by Gasteiger charge is -2.10. The molecule has 0 fully saturated rings. The van der Waals surface area contributed by atoms with E-state index in [1.165, 1.54) is 13.2 Å². The van der Waals surface area contributed by atoms with E-state index in [2.05, 4.69) is 9.73 Å². The minimum Gasteiger partial charge on any atom is -0.507 e. The van der Waals surface area contributed by atoms with E-state index in [0.717, 1.165) is 16.3 Å². The summed E-state index contributed by atoms with van der Waals surface area (Å²) in [7, 11) is 1.38. The Morgan fingerprint density at radius 3 is 2.65 bits per heavy atom. The Bertz CT molecular complexity index is 941. The van der Waals surface area contributed by atoms with Crippen LogP contribution in [0.25, 0.3) is 10.8 Å². The third-order valence-electron chi connectivity index (χ3n) is 3.89. The van der Waals surface area contributed by atoms with Gasteiger partial charge in [0.15, 0.2) is 11.5 Å². The zero-order valence-electron chi connectivity index (χ0n) is 14.0. The van der Waals surface area contributed by atoms with Crippen LogP contribution >= 0.6 is 0 Å². The number of benzene rings is 3. The molecule has 0 bridgehead atoms. The topological polar surface area (TPSA) is 51.0 Å². The number of rotatable bonds is 6. The van der Waals surface area contributed by atoms with Crippen LogP contribution in [0.3, 0.4) is 0 Å². The van der Waals surface area contributed by atoms with E-state index in [4.69, 9.17) is 4.74 Å². The molecule has 1 N–H and O–H groups in total. The molecule has 0 saturated carbocycles. The average molecular weight is 357 g/mol. The zero-order valence-corrected chi connectivity index (χ0v) is 14.0. The van der Waals surface area contributed by atoms with Crippen LogP contribution in [0.15, 0.2) is 59.6 Å². The van der Waals surface area contributed by atoms with E-state index in [1.54, 1.807) is 24.4 Å². The van der Waals surface area contributed by atoms with Gasteiger partial charge in [-0.1, -0.05) is 36.4 Å². The van der Waals surface area contributed by atoms with Crippen LogP contribution in [0.2, 0.25) is 0 Å². The van der Waals surface area contributed by atoms with Gasteiger partial charge in [-0.2, -0.15) is 8.78 Å². The summed E-state index contributed by atoms with van der Waals surface area (Å²) in [6.07, 6.45) is 1.60. The fraction of sp³-hybridized carbons (Fsp3) is 0.150. The summed E-state index contributed by atoms with van der Waals surface area (Å²) < 4.78 is 34.2. The van der Waals surface area contributed by atoms with Gasteiger partial charge in [-0.15, -0.1) is 0 Å². The summed E-state index contributed by atoms with van der Waals surface area (Å²) in [4.78, 5) is 4.36. The first kappa shape index (κ1) is 17.7. The predicted octanol–water partition coefficient (Wildman–Crippen LogP) is 4.77. The third-order valence-corrected chi connectivity index (χ3v) is 3.89. The molecule has 3 rings (SSSR count). The molecular formula is C20H17F2NO3. The number of halogens is 2. The van der Waals surface area contributed by atoms with Crippen molar-refractivity contribution in [3.63, 3.8) is 0 Å². The lowest BCUT2D eigenvalue weighted by molar-refractivity contribution is -0.0512. The molecule has 0 aromatic heterocycles. The average Bonchev–Trinajstić information content (AvgIpc) is 2.64. The highest BCUT2D eigenvalue weighted by atomic mass is 19.3. The summed E-state index contributed by atoms with van der Waals surface area (Å²) in [5, 5.41) is 12.0. The summed E-state index contributed by atoms with van der Waals surface area (Å²) in [6.45, 7) is -2.62. The van der Waals surface area contributed by atoms with Crippen molar-refractivity contribution < 1.29 is 23.4 Å². The molecule has 0 aliphatic rings. The highest BCUT2D eigenvalue weighted by Crippen LogP contribution is 2.30. The summed E-state index contributed by atoms with van der Waals surface area (Å²) in [6, 6.07) is 15.8. The predicted molar refractivity (Wildman–Crippen MR) is 96.5 cm³/mol. The molecule has 0 spiro atoms. The van der Waals surface area contributed by atoms with Gasteiger partial charge in [-0.25, -0.2) is 0 Å². The van der Waals surface area contributed by atoms with Crippen LogP contribution in [0.4, 0.5) is 8.78 Å². The van der Waals surface area contributed by atoms with Crippen molar-refractivity contribution >= 4 is 17.0 Å². The number of alkyl halides is 2. The van der Waals surface area contributed by atoms with Crippen molar-refractivity contribution in [2.24, 2.45) is 4.99 Å². The highest BCUT2D eigenvalue weighted by Gasteiger charge is 2.11. The van der Waals surface area contributed by atoms with Crippen LogP contribution in [0, 0.1) is 0 Å². The molecule has 0 radical (unpaired) electrons. The Morgan fingerprint density at radius 1 is 1.08 bits per heavy atom. The minimum atomic E-state index is -2.91. The molecule has 4 nitrogen and oxygen atoms in total. The van der Waals surface area contributed by atoms with E-state index in [0.29, 0.717) is 12.1 Å². The van der Waals surface area contributed by atoms with Crippen LogP contribution < -0.4 is 9.47 Å². The molecule has 3 aromatic carbocycles. The van der Waals surface area contributed by atoms with Crippen LogP contribution in [0.1, 0.15) is 11.1 Å². The second-order valence-corrected chi connectivity index (χ2v) is 5.55. The molecule has 0 atom stereocenters. The number of phenolic OH excluding ortho intramolecular Hbond substituents is 1. The van der Waals surface area contributed by atoms with E-state index in [9.17, 15) is 13.9 Å². The lowest BCUT2D eigenvalue weighted by Crippen LogP contribution is -2.03. The molecule has 0 aliphatic heterocycles. The molecule has 0 amide bonds. The van der Waals surface area contributed by atoms with Crippen molar-refractivity contribution in [1.82, 2.24) is 0 Å². The maximum absolute atomic E-state index is 12.4. The van der Waals surface area contributed by atoms with E-state index in [-0.39, 0.29) is 17.2 Å². The fourth-order valence-electron chi connectivity index (χ4n) is 2.67. The van der Waals surface area contributed by atoms with Crippen LogP contribution in [-0.2, 0) is 6.54 Å². The Kier molecular flexibility index (Phi) is 5.31. The van der Waals surface area contributed by atoms with E-state index >= 15 is 0 Å². The molecule has 134 valence electrons. The van der Waals surface area contributed by atoms with Gasteiger partial charge in [0, 0.05) is 11.8 Å².